The number of rotatable bonds is 2. The molecule has 0 spiro atoms. The van der Waals surface area contributed by atoms with Crippen LogP contribution in [0.15, 0.2) is 0 Å². The van der Waals surface area contributed by atoms with E-state index in [4.69, 9.17) is 16.5 Å². The fourth-order valence-corrected chi connectivity index (χ4v) is 13.6. The average molecular weight is 280 g/mol. The van der Waals surface area contributed by atoms with Gasteiger partial charge in [0.05, 0.1) is 0 Å². The zero-order valence-electron chi connectivity index (χ0n) is 10.0. The molecule has 0 saturated carbocycles. The number of hydrogen-bond donors (Lipinski definition) is 0. The molecule has 0 aliphatic carbocycles. The van der Waals surface area contributed by atoms with Crippen molar-refractivity contribution in [3.63, 3.8) is 0 Å². The monoisotopic (exact) mass is 279 g/mol. The zero-order valence-corrected chi connectivity index (χ0v) is 14.0. The summed E-state index contributed by atoms with van der Waals surface area (Å²) in [7, 11) is -5.53. The molecule has 0 atom stereocenters. The standard InChI is InChI=1S/C7H19O4Si4/c1-6-7-15(5)10-13(3)8-12(2)9-14(4)11-15/h6-7H2,1-5H3. The first-order valence-electron chi connectivity index (χ1n) is 5.19. The molecule has 0 aromatic heterocycles. The second kappa shape index (κ2) is 5.86. The van der Waals surface area contributed by atoms with E-state index >= 15 is 0 Å². The van der Waals surface area contributed by atoms with Gasteiger partial charge in [-0.1, -0.05) is 13.3 Å². The van der Waals surface area contributed by atoms with Gasteiger partial charge in [0.2, 0.25) is 0 Å². The van der Waals surface area contributed by atoms with Crippen molar-refractivity contribution in [2.45, 2.75) is 45.6 Å². The molecule has 0 unspecified atom stereocenters. The van der Waals surface area contributed by atoms with Crippen LogP contribution in [0.3, 0.4) is 0 Å². The Hall–Kier alpha value is 0.708. The van der Waals surface area contributed by atoms with Gasteiger partial charge in [-0.25, -0.2) is 0 Å². The molecule has 0 amide bonds. The average Bonchev–Trinajstić information content (AvgIpc) is 1.99. The second-order valence-corrected chi connectivity index (χ2v) is 12.7. The van der Waals surface area contributed by atoms with E-state index in [0.717, 1.165) is 12.5 Å². The van der Waals surface area contributed by atoms with Crippen molar-refractivity contribution in [2.24, 2.45) is 0 Å². The van der Waals surface area contributed by atoms with E-state index in [2.05, 4.69) is 13.5 Å². The third-order valence-corrected chi connectivity index (χ3v) is 13.8. The Kier molecular flexibility index (Phi) is 5.38. The third-order valence-electron chi connectivity index (χ3n) is 2.00. The van der Waals surface area contributed by atoms with Crippen molar-refractivity contribution in [3.8, 4) is 0 Å². The largest absolute Gasteiger partial charge is 0.415 e. The summed E-state index contributed by atoms with van der Waals surface area (Å²) in [5, 5.41) is 0. The van der Waals surface area contributed by atoms with Crippen molar-refractivity contribution in [1.29, 1.82) is 0 Å². The molecule has 0 bridgehead atoms. The van der Waals surface area contributed by atoms with Gasteiger partial charge in [-0.3, -0.25) is 0 Å². The van der Waals surface area contributed by atoms with E-state index < -0.39 is 36.4 Å². The molecule has 3 radical (unpaired) electrons. The predicted molar refractivity (Wildman–Crippen MR) is 65.9 cm³/mol. The maximum Gasteiger partial charge on any atom is 0.362 e. The fourth-order valence-electron chi connectivity index (χ4n) is 1.65. The molecule has 1 aliphatic rings. The lowest BCUT2D eigenvalue weighted by Crippen LogP contribution is -2.52. The van der Waals surface area contributed by atoms with Crippen LogP contribution in [0.1, 0.15) is 13.3 Å². The first-order valence-corrected chi connectivity index (χ1v) is 13.2. The Morgan fingerprint density at radius 3 is 1.80 bits per heavy atom. The van der Waals surface area contributed by atoms with E-state index in [0.29, 0.717) is 0 Å². The number of hydrogen-bond acceptors (Lipinski definition) is 4. The van der Waals surface area contributed by atoms with Crippen LogP contribution in [-0.4, -0.2) is 36.4 Å². The Labute approximate surface area is 98.7 Å². The van der Waals surface area contributed by atoms with Gasteiger partial charge in [-0.05, 0) is 32.2 Å². The van der Waals surface area contributed by atoms with Crippen molar-refractivity contribution >= 4 is 36.4 Å². The van der Waals surface area contributed by atoms with Crippen LogP contribution in [0.5, 0.6) is 0 Å². The van der Waals surface area contributed by atoms with E-state index in [1.807, 2.05) is 19.6 Å². The fraction of sp³-hybridized carbons (Fsp3) is 1.00. The van der Waals surface area contributed by atoms with Crippen LogP contribution >= 0.6 is 0 Å². The van der Waals surface area contributed by atoms with Crippen LogP contribution < -0.4 is 0 Å². The SMILES string of the molecule is CCC[Si]1(C)O[Si](C)O[Si](C)O[Si](C)O1. The van der Waals surface area contributed by atoms with Gasteiger partial charge < -0.3 is 16.5 Å². The highest BCUT2D eigenvalue weighted by Gasteiger charge is 2.40. The van der Waals surface area contributed by atoms with E-state index in [9.17, 15) is 0 Å². The lowest BCUT2D eigenvalue weighted by atomic mass is 10.6. The Morgan fingerprint density at radius 2 is 1.40 bits per heavy atom. The van der Waals surface area contributed by atoms with Gasteiger partial charge in [-0.15, -0.1) is 0 Å². The van der Waals surface area contributed by atoms with Crippen LogP contribution in [-0.2, 0) is 16.5 Å². The van der Waals surface area contributed by atoms with Crippen LogP contribution in [0.25, 0.3) is 0 Å². The Morgan fingerprint density at radius 1 is 0.933 bits per heavy atom. The van der Waals surface area contributed by atoms with E-state index in [1.165, 1.54) is 0 Å². The zero-order chi connectivity index (χ0) is 11.5. The van der Waals surface area contributed by atoms with Gasteiger partial charge in [0.25, 0.3) is 0 Å². The molecule has 1 fully saturated rings. The quantitative estimate of drug-likeness (QED) is 0.724. The van der Waals surface area contributed by atoms with Crippen molar-refractivity contribution < 1.29 is 16.5 Å². The van der Waals surface area contributed by atoms with Crippen LogP contribution in [0.4, 0.5) is 0 Å². The molecular formula is C7H19O4Si4. The Balaban J connectivity index is 2.65. The molecule has 4 nitrogen and oxygen atoms in total. The van der Waals surface area contributed by atoms with Gasteiger partial charge in [0.15, 0.2) is 0 Å². The molecule has 15 heavy (non-hydrogen) atoms. The predicted octanol–water partition coefficient (Wildman–Crippen LogP) is 1.90. The summed E-state index contributed by atoms with van der Waals surface area (Å²) in [6.45, 7) is 10.3. The smallest absolute Gasteiger partial charge is 0.362 e. The second-order valence-electron chi connectivity index (χ2n) is 3.77. The maximum absolute atomic E-state index is 6.03. The van der Waals surface area contributed by atoms with Crippen LogP contribution in [0.2, 0.25) is 32.2 Å². The van der Waals surface area contributed by atoms with Crippen LogP contribution in [0, 0.1) is 0 Å². The molecule has 87 valence electrons. The minimum Gasteiger partial charge on any atom is -0.415 e. The normalized spacial score (nSPS) is 26.2. The molecule has 0 aromatic rings. The topological polar surface area (TPSA) is 36.9 Å². The molecule has 1 rings (SSSR count). The first-order chi connectivity index (χ1) is 6.95. The lowest BCUT2D eigenvalue weighted by Gasteiger charge is -2.35. The van der Waals surface area contributed by atoms with E-state index in [-0.39, 0.29) is 0 Å². The summed E-state index contributed by atoms with van der Waals surface area (Å²) in [4.78, 5) is 0. The van der Waals surface area contributed by atoms with Gasteiger partial charge in [0, 0.05) is 0 Å². The minimum absolute atomic E-state index is 1.02. The molecule has 8 heteroatoms. The third kappa shape index (κ3) is 4.61. The van der Waals surface area contributed by atoms with Gasteiger partial charge in [-0.2, -0.15) is 0 Å². The summed E-state index contributed by atoms with van der Waals surface area (Å²) in [5.41, 5.74) is 0. The van der Waals surface area contributed by atoms with Crippen molar-refractivity contribution in [3.05, 3.63) is 0 Å². The summed E-state index contributed by atoms with van der Waals surface area (Å²) < 4.78 is 23.5. The molecular weight excluding hydrogens is 260 g/mol. The summed E-state index contributed by atoms with van der Waals surface area (Å²) in [5.74, 6) is 0. The first kappa shape index (κ1) is 13.8. The highest BCUT2D eigenvalue weighted by molar-refractivity contribution is 6.81. The summed E-state index contributed by atoms with van der Waals surface area (Å²) >= 11 is 0. The maximum atomic E-state index is 6.03. The molecule has 0 N–H and O–H groups in total. The minimum atomic E-state index is -2.02. The van der Waals surface area contributed by atoms with E-state index in [1.54, 1.807) is 0 Å². The van der Waals surface area contributed by atoms with Gasteiger partial charge in [0.1, 0.15) is 0 Å². The summed E-state index contributed by atoms with van der Waals surface area (Å²) in [6.07, 6.45) is 1.09. The lowest BCUT2D eigenvalue weighted by molar-refractivity contribution is 0.274. The molecule has 0 aromatic carbocycles. The highest BCUT2D eigenvalue weighted by Crippen LogP contribution is 2.21. The molecule has 1 saturated heterocycles. The highest BCUT2D eigenvalue weighted by atomic mass is 28.5. The Bertz CT molecular complexity index is 191. The molecule has 1 aliphatic heterocycles. The summed E-state index contributed by atoms with van der Waals surface area (Å²) in [6, 6.07) is 1.02. The molecule has 1 heterocycles. The van der Waals surface area contributed by atoms with Crippen molar-refractivity contribution in [1.82, 2.24) is 0 Å². The van der Waals surface area contributed by atoms with Crippen molar-refractivity contribution in [2.75, 3.05) is 0 Å². The van der Waals surface area contributed by atoms with Gasteiger partial charge >= 0.3 is 36.4 Å².